The van der Waals surface area contributed by atoms with Crippen LogP contribution in [0.3, 0.4) is 0 Å². The Kier molecular flexibility index (Phi) is 7.15. The number of benzene rings is 1. The predicted octanol–water partition coefficient (Wildman–Crippen LogP) is 3.09. The van der Waals surface area contributed by atoms with Crippen molar-refractivity contribution in [2.75, 3.05) is 33.2 Å². The largest absolute Gasteiger partial charge is 0.465 e. The van der Waals surface area contributed by atoms with Gasteiger partial charge in [-0.2, -0.15) is 0 Å². The van der Waals surface area contributed by atoms with E-state index in [2.05, 4.69) is 0 Å². The summed E-state index contributed by atoms with van der Waals surface area (Å²) >= 11 is 1.38. The first kappa shape index (κ1) is 21.6. The maximum atomic E-state index is 12.1. The van der Waals surface area contributed by atoms with E-state index >= 15 is 0 Å². The average Bonchev–Trinajstić information content (AvgIpc) is 3.34. The minimum atomic E-state index is -3.28. The van der Waals surface area contributed by atoms with Gasteiger partial charge in [0.2, 0.25) is 16.8 Å². The number of hydrogen-bond acceptors (Lipinski definition) is 7. The summed E-state index contributed by atoms with van der Waals surface area (Å²) < 4.78 is 41.2. The number of nitrogens with zero attached hydrogens (tertiary/aromatic N) is 1. The van der Waals surface area contributed by atoms with Crippen LogP contribution in [0.4, 0.5) is 0 Å². The van der Waals surface area contributed by atoms with Crippen molar-refractivity contribution in [2.45, 2.75) is 25.7 Å². The van der Waals surface area contributed by atoms with Crippen LogP contribution in [-0.2, 0) is 27.6 Å². The van der Waals surface area contributed by atoms with E-state index in [-0.39, 0.29) is 12.8 Å². The molecular formula is C20H25NO6S2. The van der Waals surface area contributed by atoms with Gasteiger partial charge in [0.15, 0.2) is 11.5 Å². The number of methoxy groups -OCH3 is 1. The third kappa shape index (κ3) is 5.94. The van der Waals surface area contributed by atoms with Crippen molar-refractivity contribution in [3.05, 3.63) is 45.6 Å². The maximum Gasteiger partial charge on any atom is 0.348 e. The second-order valence-electron chi connectivity index (χ2n) is 6.81. The van der Waals surface area contributed by atoms with Crippen molar-refractivity contribution in [3.8, 4) is 11.5 Å². The molecule has 0 unspecified atom stereocenters. The topological polar surface area (TPSA) is 82.1 Å². The molecule has 2 aromatic rings. The number of sulfonamides is 1. The molecule has 158 valence electrons. The highest BCUT2D eigenvalue weighted by atomic mass is 32.2. The lowest BCUT2D eigenvalue weighted by Gasteiger charge is -2.19. The normalized spacial score (nSPS) is 13.1. The van der Waals surface area contributed by atoms with Gasteiger partial charge >= 0.3 is 5.97 Å². The van der Waals surface area contributed by atoms with E-state index < -0.39 is 10.0 Å². The lowest BCUT2D eigenvalue weighted by molar-refractivity contribution is 0.0606. The first-order chi connectivity index (χ1) is 13.9. The third-order valence-corrected chi connectivity index (χ3v) is 7.09. The third-order valence-electron chi connectivity index (χ3n) is 4.66. The Bertz CT molecular complexity index is 954. The molecule has 0 bridgehead atoms. The quantitative estimate of drug-likeness (QED) is 0.529. The fraction of sp³-hybridized carbons (Fsp3) is 0.450. The Labute approximate surface area is 175 Å². The number of ether oxygens (including phenoxy) is 3. The summed E-state index contributed by atoms with van der Waals surface area (Å²) in [6, 6.07) is 9.44. The molecular weight excluding hydrogens is 414 g/mol. The molecule has 9 heteroatoms. The van der Waals surface area contributed by atoms with E-state index in [0.717, 1.165) is 41.2 Å². The van der Waals surface area contributed by atoms with Crippen LogP contribution in [0.5, 0.6) is 11.5 Å². The molecule has 0 saturated heterocycles. The van der Waals surface area contributed by atoms with Gasteiger partial charge in [0.25, 0.3) is 0 Å². The minimum Gasteiger partial charge on any atom is -0.465 e. The van der Waals surface area contributed by atoms with E-state index in [0.29, 0.717) is 24.4 Å². The number of hydrogen-bond donors (Lipinski definition) is 0. The van der Waals surface area contributed by atoms with E-state index in [1.54, 1.807) is 6.07 Å². The molecule has 7 nitrogen and oxygen atoms in total. The van der Waals surface area contributed by atoms with E-state index in [1.165, 1.54) is 29.0 Å². The monoisotopic (exact) mass is 439 g/mol. The first-order valence-corrected chi connectivity index (χ1v) is 12.0. The number of rotatable bonds is 10. The maximum absolute atomic E-state index is 12.1. The van der Waals surface area contributed by atoms with Crippen LogP contribution in [0.25, 0.3) is 0 Å². The van der Waals surface area contributed by atoms with Gasteiger partial charge in [-0.1, -0.05) is 6.07 Å². The summed E-state index contributed by atoms with van der Waals surface area (Å²) in [7, 11) is -1.92. The van der Waals surface area contributed by atoms with Crippen LogP contribution in [-0.4, -0.2) is 51.9 Å². The van der Waals surface area contributed by atoms with Crippen molar-refractivity contribution < 1.29 is 27.4 Å². The summed E-state index contributed by atoms with van der Waals surface area (Å²) in [4.78, 5) is 13.1. The average molecular weight is 440 g/mol. The smallest absolute Gasteiger partial charge is 0.348 e. The zero-order chi connectivity index (χ0) is 20.9. The predicted molar refractivity (Wildman–Crippen MR) is 111 cm³/mol. The van der Waals surface area contributed by atoms with E-state index in [4.69, 9.17) is 14.2 Å². The molecule has 0 fully saturated rings. The highest BCUT2D eigenvalue weighted by Crippen LogP contribution is 2.32. The zero-order valence-corrected chi connectivity index (χ0v) is 18.2. The van der Waals surface area contributed by atoms with Gasteiger partial charge in [-0.15, -0.1) is 11.3 Å². The summed E-state index contributed by atoms with van der Waals surface area (Å²) in [6.07, 6.45) is 4.14. The molecule has 0 aliphatic carbocycles. The number of thiophene rings is 1. The lowest BCUT2D eigenvalue weighted by atomic mass is 10.1. The Balaban J connectivity index is 1.48. The van der Waals surface area contributed by atoms with Gasteiger partial charge < -0.3 is 14.2 Å². The highest BCUT2D eigenvalue weighted by Gasteiger charge is 2.17. The molecule has 0 amide bonds. The van der Waals surface area contributed by atoms with Crippen LogP contribution >= 0.6 is 11.3 Å². The first-order valence-electron chi connectivity index (χ1n) is 9.37. The van der Waals surface area contributed by atoms with Gasteiger partial charge in [0.1, 0.15) is 4.88 Å². The van der Waals surface area contributed by atoms with Crippen molar-refractivity contribution in [2.24, 2.45) is 0 Å². The highest BCUT2D eigenvalue weighted by molar-refractivity contribution is 7.88. The second kappa shape index (κ2) is 9.60. The summed E-state index contributed by atoms with van der Waals surface area (Å²) in [5, 5.41) is 0. The van der Waals surface area contributed by atoms with Crippen LogP contribution in [0.15, 0.2) is 30.3 Å². The molecule has 0 N–H and O–H groups in total. The molecule has 0 saturated carbocycles. The molecule has 2 heterocycles. The van der Waals surface area contributed by atoms with Crippen molar-refractivity contribution in [1.29, 1.82) is 0 Å². The zero-order valence-electron chi connectivity index (χ0n) is 16.5. The summed E-state index contributed by atoms with van der Waals surface area (Å²) in [6.45, 7) is 1.16. The van der Waals surface area contributed by atoms with Gasteiger partial charge in [0, 0.05) is 18.0 Å². The SMILES string of the molecule is COC(=O)c1ccc(CCCN(CCCc2ccc3c(c2)OCO3)S(C)(=O)=O)s1. The van der Waals surface area contributed by atoms with Gasteiger partial charge in [-0.3, -0.25) is 0 Å². The van der Waals surface area contributed by atoms with Crippen molar-refractivity contribution >= 4 is 27.3 Å². The number of aryl methyl sites for hydroxylation is 2. The van der Waals surface area contributed by atoms with Crippen LogP contribution in [0.1, 0.15) is 33.0 Å². The Morgan fingerprint density at radius 3 is 2.55 bits per heavy atom. The van der Waals surface area contributed by atoms with Gasteiger partial charge in [-0.25, -0.2) is 17.5 Å². The molecule has 1 aromatic heterocycles. The molecule has 3 rings (SSSR count). The molecule has 1 aromatic carbocycles. The fourth-order valence-corrected chi connectivity index (χ4v) is 5.04. The van der Waals surface area contributed by atoms with Crippen LogP contribution in [0.2, 0.25) is 0 Å². The minimum absolute atomic E-state index is 0.242. The van der Waals surface area contributed by atoms with Gasteiger partial charge in [0.05, 0.1) is 13.4 Å². The molecule has 0 atom stereocenters. The van der Waals surface area contributed by atoms with Crippen LogP contribution in [0, 0.1) is 0 Å². The lowest BCUT2D eigenvalue weighted by Crippen LogP contribution is -2.32. The molecule has 1 aliphatic heterocycles. The number of esters is 1. The van der Waals surface area contributed by atoms with Gasteiger partial charge in [-0.05, 0) is 55.5 Å². The number of carbonyl (C=O) groups is 1. The molecule has 0 spiro atoms. The number of fused-ring (bicyclic) bond motifs is 1. The van der Waals surface area contributed by atoms with Crippen molar-refractivity contribution in [3.63, 3.8) is 0 Å². The van der Waals surface area contributed by atoms with E-state index in [9.17, 15) is 13.2 Å². The number of carbonyl (C=O) groups excluding carboxylic acids is 1. The Morgan fingerprint density at radius 1 is 1.10 bits per heavy atom. The van der Waals surface area contributed by atoms with E-state index in [1.807, 2.05) is 24.3 Å². The van der Waals surface area contributed by atoms with Crippen LogP contribution < -0.4 is 9.47 Å². The Hall–Kier alpha value is -2.10. The molecule has 29 heavy (non-hydrogen) atoms. The molecule has 0 radical (unpaired) electrons. The second-order valence-corrected chi connectivity index (χ2v) is 9.97. The fourth-order valence-electron chi connectivity index (χ4n) is 3.15. The summed E-state index contributed by atoms with van der Waals surface area (Å²) in [5.74, 6) is 1.14. The standard InChI is InChI=1S/C20H25NO6S2/c1-25-20(22)19-10-8-16(28-19)6-4-12-21(29(2,23)24)11-3-5-15-7-9-17-18(13-15)27-14-26-17/h7-10,13H,3-6,11-12,14H2,1-2H3. The van der Waals surface area contributed by atoms with Crippen molar-refractivity contribution in [1.82, 2.24) is 4.31 Å². The summed E-state index contributed by atoms with van der Waals surface area (Å²) in [5.41, 5.74) is 1.09. The Morgan fingerprint density at radius 2 is 1.83 bits per heavy atom. The molecule has 1 aliphatic rings.